The molecule has 0 bridgehead atoms. The molecule has 0 unspecified atom stereocenters. The number of hydrogen-bond acceptors (Lipinski definition) is 8. The average Bonchev–Trinajstić information content (AvgIpc) is 3.54. The van der Waals surface area contributed by atoms with Crippen molar-refractivity contribution in [3.8, 4) is 0 Å². The highest BCUT2D eigenvalue weighted by molar-refractivity contribution is 7.99. The zero-order chi connectivity index (χ0) is 20.5. The summed E-state index contributed by atoms with van der Waals surface area (Å²) in [5, 5.41) is 15.8. The van der Waals surface area contributed by atoms with E-state index in [9.17, 15) is 9.59 Å². The van der Waals surface area contributed by atoms with Gasteiger partial charge in [0.1, 0.15) is 10.5 Å². The number of thioether (sulfide) groups is 1. The highest BCUT2D eigenvalue weighted by atomic mass is 32.2. The van der Waals surface area contributed by atoms with Gasteiger partial charge in [-0.1, -0.05) is 17.8 Å². The van der Waals surface area contributed by atoms with Crippen molar-refractivity contribution in [1.29, 1.82) is 0 Å². The third kappa shape index (κ3) is 3.55. The van der Waals surface area contributed by atoms with Gasteiger partial charge >= 0.3 is 0 Å². The maximum atomic E-state index is 13.0. The monoisotopic (exact) mass is 457 g/mol. The van der Waals surface area contributed by atoms with E-state index in [4.69, 9.17) is 4.42 Å². The van der Waals surface area contributed by atoms with E-state index >= 15 is 0 Å². The molecule has 30 heavy (non-hydrogen) atoms. The van der Waals surface area contributed by atoms with E-state index in [1.54, 1.807) is 34.3 Å². The number of hydrogen-bond donors (Lipinski definition) is 1. The molecular weight excluding hydrogens is 442 g/mol. The predicted octanol–water partition coefficient (Wildman–Crippen LogP) is 3.22. The Morgan fingerprint density at radius 1 is 1.17 bits per heavy atom. The van der Waals surface area contributed by atoms with Crippen molar-refractivity contribution in [3.63, 3.8) is 0 Å². The first-order valence-corrected chi connectivity index (χ1v) is 11.7. The summed E-state index contributed by atoms with van der Waals surface area (Å²) in [7, 11) is 0. The summed E-state index contributed by atoms with van der Waals surface area (Å²) < 4.78 is 9.35. The van der Waals surface area contributed by atoms with Crippen LogP contribution in [0.4, 0.5) is 0 Å². The minimum atomic E-state index is -0.137. The molecule has 0 spiro atoms. The van der Waals surface area contributed by atoms with E-state index in [2.05, 4.69) is 15.5 Å². The first-order valence-electron chi connectivity index (χ1n) is 9.00. The molecule has 0 aliphatic carbocycles. The Hall–Kier alpha value is -2.89. The molecule has 1 amide bonds. The van der Waals surface area contributed by atoms with Crippen LogP contribution in [0.15, 0.2) is 61.7 Å². The van der Waals surface area contributed by atoms with Gasteiger partial charge < -0.3 is 9.73 Å². The van der Waals surface area contributed by atoms with Crippen molar-refractivity contribution >= 4 is 56.3 Å². The summed E-state index contributed by atoms with van der Waals surface area (Å²) >= 11 is 4.26. The van der Waals surface area contributed by atoms with Crippen molar-refractivity contribution in [2.75, 3.05) is 5.75 Å². The van der Waals surface area contributed by atoms with Crippen molar-refractivity contribution in [2.24, 2.45) is 0 Å². The molecule has 5 aromatic heterocycles. The van der Waals surface area contributed by atoms with Gasteiger partial charge in [0.25, 0.3) is 5.56 Å². The van der Waals surface area contributed by atoms with Crippen molar-refractivity contribution in [2.45, 2.75) is 18.2 Å². The number of carbonyl (C=O) groups is 1. The fraction of sp³-hybridized carbons (Fsp3) is 0.158. The van der Waals surface area contributed by atoms with Gasteiger partial charge in [-0.3, -0.25) is 18.6 Å². The van der Waals surface area contributed by atoms with Crippen LogP contribution >= 0.6 is 34.4 Å². The van der Waals surface area contributed by atoms with Gasteiger partial charge in [0, 0.05) is 4.88 Å². The van der Waals surface area contributed by atoms with Crippen LogP contribution in [0.25, 0.3) is 16.0 Å². The van der Waals surface area contributed by atoms with Crippen LogP contribution in [0.1, 0.15) is 10.6 Å². The molecule has 0 fully saturated rings. The summed E-state index contributed by atoms with van der Waals surface area (Å²) in [5.41, 5.74) is 0.673. The number of nitrogens with zero attached hydrogens (tertiary/aromatic N) is 4. The van der Waals surface area contributed by atoms with E-state index in [-0.39, 0.29) is 17.2 Å². The molecule has 5 heterocycles. The SMILES string of the molecule is O=C(CSc1nnc2n(Cc3cccs3)c(=O)c3sccc3n12)NCc1ccco1. The summed E-state index contributed by atoms with van der Waals surface area (Å²) in [6.45, 7) is 0.766. The van der Waals surface area contributed by atoms with Gasteiger partial charge in [0.15, 0.2) is 5.16 Å². The molecule has 5 rings (SSSR count). The number of carbonyl (C=O) groups excluding carboxylic acids is 1. The van der Waals surface area contributed by atoms with Gasteiger partial charge in [-0.15, -0.1) is 32.9 Å². The Morgan fingerprint density at radius 3 is 2.90 bits per heavy atom. The first-order chi connectivity index (χ1) is 14.7. The summed E-state index contributed by atoms with van der Waals surface area (Å²) in [6, 6.07) is 9.41. The molecule has 0 radical (unpaired) electrons. The fourth-order valence-corrected chi connectivity index (χ4v) is 5.36. The maximum Gasteiger partial charge on any atom is 0.273 e. The second-order valence-electron chi connectivity index (χ2n) is 6.37. The Bertz CT molecular complexity index is 1370. The molecule has 8 nitrogen and oxygen atoms in total. The lowest BCUT2D eigenvalue weighted by atomic mass is 10.4. The quantitative estimate of drug-likeness (QED) is 0.377. The van der Waals surface area contributed by atoms with Gasteiger partial charge in [-0.2, -0.15) is 0 Å². The molecule has 1 N–H and O–H groups in total. The molecule has 0 atom stereocenters. The number of amides is 1. The van der Waals surface area contributed by atoms with Gasteiger partial charge in [0.05, 0.1) is 30.6 Å². The minimum Gasteiger partial charge on any atom is -0.467 e. The van der Waals surface area contributed by atoms with E-state index in [0.717, 1.165) is 10.4 Å². The van der Waals surface area contributed by atoms with Crippen molar-refractivity contribution in [3.05, 3.63) is 68.3 Å². The Morgan fingerprint density at radius 2 is 2.10 bits per heavy atom. The maximum absolute atomic E-state index is 13.0. The van der Waals surface area contributed by atoms with Crippen LogP contribution < -0.4 is 10.9 Å². The number of furan rings is 1. The predicted molar refractivity (Wildman–Crippen MR) is 117 cm³/mol. The number of fused-ring (bicyclic) bond motifs is 3. The normalized spacial score (nSPS) is 11.5. The van der Waals surface area contributed by atoms with E-state index in [0.29, 0.717) is 34.5 Å². The van der Waals surface area contributed by atoms with Gasteiger partial charge in [-0.05, 0) is 35.0 Å². The third-order valence-corrected chi connectivity index (χ3v) is 7.13. The van der Waals surface area contributed by atoms with Crippen LogP contribution in [0.2, 0.25) is 0 Å². The lowest BCUT2D eigenvalue weighted by Gasteiger charge is -2.08. The molecule has 5 aromatic rings. The highest BCUT2D eigenvalue weighted by Gasteiger charge is 2.19. The number of thiophene rings is 2. The van der Waals surface area contributed by atoms with Crippen molar-refractivity contribution < 1.29 is 9.21 Å². The van der Waals surface area contributed by atoms with E-state index in [1.807, 2.05) is 33.4 Å². The van der Waals surface area contributed by atoms with Gasteiger partial charge in [0.2, 0.25) is 11.7 Å². The standard InChI is InChI=1S/C19H15N5O3S3/c25-15(20-9-12-3-1-6-27-12)11-30-19-22-21-18-23(10-13-4-2-7-28-13)17(26)16-14(24(18)19)5-8-29-16/h1-8H,9-11H2,(H,20,25). The van der Waals surface area contributed by atoms with Crippen LogP contribution in [0.3, 0.4) is 0 Å². The lowest BCUT2D eigenvalue weighted by molar-refractivity contribution is -0.118. The second kappa shape index (κ2) is 8.09. The zero-order valence-corrected chi connectivity index (χ0v) is 17.9. The van der Waals surface area contributed by atoms with Gasteiger partial charge in [-0.25, -0.2) is 0 Å². The summed E-state index contributed by atoms with van der Waals surface area (Å²) in [5.74, 6) is 1.20. The Balaban J connectivity index is 1.44. The minimum absolute atomic E-state index is 0.0824. The smallest absolute Gasteiger partial charge is 0.273 e. The second-order valence-corrected chi connectivity index (χ2v) is 9.26. The zero-order valence-electron chi connectivity index (χ0n) is 15.5. The van der Waals surface area contributed by atoms with Crippen LogP contribution in [-0.4, -0.2) is 30.8 Å². The molecule has 152 valence electrons. The van der Waals surface area contributed by atoms with Crippen LogP contribution in [-0.2, 0) is 17.9 Å². The summed E-state index contributed by atoms with van der Waals surface area (Å²) in [4.78, 5) is 26.3. The number of rotatable bonds is 7. The average molecular weight is 458 g/mol. The molecule has 0 aromatic carbocycles. The molecular formula is C19H15N5O3S3. The lowest BCUT2D eigenvalue weighted by Crippen LogP contribution is -2.24. The van der Waals surface area contributed by atoms with Crippen molar-refractivity contribution in [1.82, 2.24) is 24.5 Å². The van der Waals surface area contributed by atoms with Crippen LogP contribution in [0, 0.1) is 0 Å². The largest absolute Gasteiger partial charge is 0.467 e. The number of aromatic nitrogens is 4. The third-order valence-electron chi connectivity index (χ3n) is 4.45. The fourth-order valence-electron chi connectivity index (χ4n) is 3.07. The Labute approximate surface area is 182 Å². The molecule has 0 aliphatic heterocycles. The topological polar surface area (TPSA) is 94.4 Å². The first kappa shape index (κ1) is 19.1. The Kier molecular flexibility index (Phi) is 5.15. The highest BCUT2D eigenvalue weighted by Crippen LogP contribution is 2.25. The van der Waals surface area contributed by atoms with Crippen LogP contribution in [0.5, 0.6) is 0 Å². The molecule has 11 heteroatoms. The molecule has 0 saturated heterocycles. The molecule has 0 aliphatic rings. The van der Waals surface area contributed by atoms with E-state index < -0.39 is 0 Å². The van der Waals surface area contributed by atoms with E-state index in [1.165, 1.54) is 23.1 Å². The molecule has 0 saturated carbocycles. The summed E-state index contributed by atoms with van der Waals surface area (Å²) in [6.07, 6.45) is 1.57. The number of nitrogens with one attached hydrogen (secondary N) is 1.